The van der Waals surface area contributed by atoms with E-state index < -0.39 is 5.82 Å². The van der Waals surface area contributed by atoms with Gasteiger partial charge in [0.1, 0.15) is 5.82 Å². The zero-order chi connectivity index (χ0) is 15.0. The van der Waals surface area contributed by atoms with Gasteiger partial charge >= 0.3 is 0 Å². The van der Waals surface area contributed by atoms with Gasteiger partial charge in [0.2, 0.25) is 0 Å². The lowest BCUT2D eigenvalue weighted by atomic mass is 10.1. The number of nitrogens with two attached hydrogens (primary N) is 1. The van der Waals surface area contributed by atoms with Crippen LogP contribution in [0.15, 0.2) is 42.6 Å². The standard InChI is InChI=1S/C16H13ClFN3/c1-9-6-11-12(8-20-9)14(19)3-5-15(11)21-16-4-2-10(17)7-13(16)18/h2-8,21H,19H2,1H3. The van der Waals surface area contributed by atoms with Gasteiger partial charge in [-0.1, -0.05) is 11.6 Å². The largest absolute Gasteiger partial charge is 0.398 e. The maximum atomic E-state index is 13.9. The lowest BCUT2D eigenvalue weighted by molar-refractivity contribution is 0.632. The van der Waals surface area contributed by atoms with Crippen molar-refractivity contribution < 1.29 is 4.39 Å². The van der Waals surface area contributed by atoms with Crippen molar-refractivity contribution in [2.45, 2.75) is 6.92 Å². The second kappa shape index (κ2) is 5.22. The van der Waals surface area contributed by atoms with Crippen molar-refractivity contribution in [3.8, 4) is 0 Å². The van der Waals surface area contributed by atoms with Crippen molar-refractivity contribution in [2.75, 3.05) is 11.1 Å². The van der Waals surface area contributed by atoms with Gasteiger partial charge in [-0.2, -0.15) is 0 Å². The summed E-state index contributed by atoms with van der Waals surface area (Å²) in [6.45, 7) is 1.90. The van der Waals surface area contributed by atoms with Gasteiger partial charge in [-0.25, -0.2) is 4.39 Å². The molecule has 1 aromatic heterocycles. The van der Waals surface area contributed by atoms with Crippen molar-refractivity contribution in [1.82, 2.24) is 4.98 Å². The van der Waals surface area contributed by atoms with E-state index in [0.717, 1.165) is 22.2 Å². The van der Waals surface area contributed by atoms with Crippen LogP contribution < -0.4 is 11.1 Å². The molecule has 3 aromatic rings. The maximum absolute atomic E-state index is 13.9. The molecule has 0 aliphatic rings. The third-order valence-corrected chi connectivity index (χ3v) is 3.51. The Hall–Kier alpha value is -2.33. The average Bonchev–Trinajstić information content (AvgIpc) is 2.44. The van der Waals surface area contributed by atoms with E-state index in [9.17, 15) is 4.39 Å². The SMILES string of the molecule is Cc1cc2c(Nc3ccc(Cl)cc3F)ccc(N)c2cn1. The molecule has 0 saturated heterocycles. The number of nitrogens with zero attached hydrogens (tertiary/aromatic N) is 1. The van der Waals surface area contributed by atoms with Crippen molar-refractivity contribution in [1.29, 1.82) is 0 Å². The molecule has 0 bridgehead atoms. The van der Waals surface area contributed by atoms with Gasteiger partial charge in [-0.05, 0) is 43.3 Å². The van der Waals surface area contributed by atoms with Crippen molar-refractivity contribution in [2.24, 2.45) is 0 Å². The molecule has 0 aliphatic heterocycles. The zero-order valence-electron chi connectivity index (χ0n) is 11.3. The predicted octanol–water partition coefficient (Wildman–Crippen LogP) is 4.66. The van der Waals surface area contributed by atoms with Crippen LogP contribution in [0, 0.1) is 12.7 Å². The number of fused-ring (bicyclic) bond motifs is 1. The molecule has 0 aliphatic carbocycles. The minimum Gasteiger partial charge on any atom is -0.398 e. The molecule has 0 radical (unpaired) electrons. The number of hydrogen-bond donors (Lipinski definition) is 2. The summed E-state index contributed by atoms with van der Waals surface area (Å²) in [6, 6.07) is 10.0. The molecule has 106 valence electrons. The first kappa shape index (κ1) is 13.6. The molecule has 1 heterocycles. The number of nitrogens with one attached hydrogen (secondary N) is 1. The van der Waals surface area contributed by atoms with E-state index in [1.54, 1.807) is 24.4 Å². The number of aryl methyl sites for hydroxylation is 1. The second-order valence-electron chi connectivity index (χ2n) is 4.82. The fourth-order valence-electron chi connectivity index (χ4n) is 2.21. The fourth-order valence-corrected chi connectivity index (χ4v) is 2.37. The van der Waals surface area contributed by atoms with Gasteiger partial charge in [0.05, 0.1) is 5.69 Å². The van der Waals surface area contributed by atoms with Crippen LogP contribution in [0.2, 0.25) is 5.02 Å². The van der Waals surface area contributed by atoms with Gasteiger partial charge < -0.3 is 11.1 Å². The molecule has 0 unspecified atom stereocenters. The van der Waals surface area contributed by atoms with Gasteiger partial charge in [0.15, 0.2) is 0 Å². The van der Waals surface area contributed by atoms with Crippen LogP contribution >= 0.6 is 11.6 Å². The Bertz CT molecular complexity index is 833. The van der Waals surface area contributed by atoms with Crippen LogP contribution in [0.1, 0.15) is 5.69 Å². The van der Waals surface area contributed by atoms with Crippen molar-refractivity contribution in [3.63, 3.8) is 0 Å². The third-order valence-electron chi connectivity index (χ3n) is 3.27. The summed E-state index contributed by atoms with van der Waals surface area (Å²) in [5.41, 5.74) is 8.60. The molecule has 0 atom stereocenters. The lowest BCUT2D eigenvalue weighted by Crippen LogP contribution is -1.97. The number of pyridine rings is 1. The first-order valence-electron chi connectivity index (χ1n) is 6.41. The summed E-state index contributed by atoms with van der Waals surface area (Å²) in [5.74, 6) is -0.404. The Morgan fingerprint density at radius 3 is 2.62 bits per heavy atom. The van der Waals surface area contributed by atoms with E-state index in [1.807, 2.05) is 19.1 Å². The Kier molecular flexibility index (Phi) is 3.39. The molecule has 0 amide bonds. The van der Waals surface area contributed by atoms with E-state index in [2.05, 4.69) is 10.3 Å². The minimum atomic E-state index is -0.404. The van der Waals surface area contributed by atoms with Crippen LogP contribution in [0.25, 0.3) is 10.8 Å². The van der Waals surface area contributed by atoms with Crippen molar-refractivity contribution in [3.05, 3.63) is 59.1 Å². The number of benzene rings is 2. The Balaban J connectivity index is 2.12. The molecule has 0 spiro atoms. The normalized spacial score (nSPS) is 10.8. The third kappa shape index (κ3) is 2.62. The molecule has 3 N–H and O–H groups in total. The maximum Gasteiger partial charge on any atom is 0.148 e. The summed E-state index contributed by atoms with van der Waals surface area (Å²) >= 11 is 5.76. The van der Waals surface area contributed by atoms with Gasteiger partial charge in [-0.15, -0.1) is 0 Å². The highest BCUT2D eigenvalue weighted by Crippen LogP contribution is 2.31. The molecule has 3 nitrogen and oxygen atoms in total. The second-order valence-corrected chi connectivity index (χ2v) is 5.26. The quantitative estimate of drug-likeness (QED) is 0.677. The monoisotopic (exact) mass is 301 g/mol. The van der Waals surface area contributed by atoms with E-state index in [0.29, 0.717) is 16.4 Å². The molecular formula is C16H13ClFN3. The number of nitrogen functional groups attached to an aromatic ring is 1. The highest BCUT2D eigenvalue weighted by molar-refractivity contribution is 6.30. The predicted molar refractivity (Wildman–Crippen MR) is 85.6 cm³/mol. The average molecular weight is 302 g/mol. The Labute approximate surface area is 126 Å². The number of rotatable bonds is 2. The van der Waals surface area contributed by atoms with Crippen LogP contribution in [0.5, 0.6) is 0 Å². The number of hydrogen-bond acceptors (Lipinski definition) is 3. The molecule has 2 aromatic carbocycles. The van der Waals surface area contributed by atoms with Crippen LogP contribution in [-0.2, 0) is 0 Å². The van der Waals surface area contributed by atoms with Gasteiger partial charge in [0, 0.05) is 39.1 Å². The molecule has 5 heteroatoms. The molecule has 0 fully saturated rings. The van der Waals surface area contributed by atoms with Crippen LogP contribution in [0.4, 0.5) is 21.5 Å². The summed E-state index contributed by atoms with van der Waals surface area (Å²) in [6.07, 6.45) is 1.73. The van der Waals surface area contributed by atoms with Crippen molar-refractivity contribution >= 4 is 39.4 Å². The van der Waals surface area contributed by atoms with E-state index >= 15 is 0 Å². The number of aromatic nitrogens is 1. The summed E-state index contributed by atoms with van der Waals surface area (Å²) in [7, 11) is 0. The van der Waals surface area contributed by atoms with Gasteiger partial charge in [-0.3, -0.25) is 4.98 Å². The Morgan fingerprint density at radius 1 is 1.10 bits per heavy atom. The molecule has 3 rings (SSSR count). The highest BCUT2D eigenvalue weighted by atomic mass is 35.5. The smallest absolute Gasteiger partial charge is 0.148 e. The van der Waals surface area contributed by atoms with E-state index in [4.69, 9.17) is 17.3 Å². The lowest BCUT2D eigenvalue weighted by Gasteiger charge is -2.12. The number of anilines is 3. The topological polar surface area (TPSA) is 50.9 Å². The summed E-state index contributed by atoms with van der Waals surface area (Å²) in [4.78, 5) is 4.25. The molecule has 0 saturated carbocycles. The summed E-state index contributed by atoms with van der Waals surface area (Å²) < 4.78 is 13.9. The zero-order valence-corrected chi connectivity index (χ0v) is 12.1. The fraction of sp³-hybridized carbons (Fsp3) is 0.0625. The van der Waals surface area contributed by atoms with E-state index in [-0.39, 0.29) is 0 Å². The van der Waals surface area contributed by atoms with Crippen LogP contribution in [0.3, 0.4) is 0 Å². The summed E-state index contributed by atoms with van der Waals surface area (Å²) in [5, 5.41) is 5.17. The minimum absolute atomic E-state index is 0.361. The van der Waals surface area contributed by atoms with Crippen LogP contribution in [-0.4, -0.2) is 4.98 Å². The molecule has 21 heavy (non-hydrogen) atoms. The first-order valence-corrected chi connectivity index (χ1v) is 6.79. The number of halogens is 2. The first-order chi connectivity index (χ1) is 10.0. The molecular weight excluding hydrogens is 289 g/mol. The highest BCUT2D eigenvalue weighted by Gasteiger charge is 2.08. The van der Waals surface area contributed by atoms with E-state index in [1.165, 1.54) is 6.07 Å². The Morgan fingerprint density at radius 2 is 1.86 bits per heavy atom. The van der Waals surface area contributed by atoms with Gasteiger partial charge in [0.25, 0.3) is 0 Å².